The SMILES string of the molecule is CCC1CN(CC2CC2(C)C)CCCN1. The maximum atomic E-state index is 3.63. The van der Waals surface area contributed by atoms with Crippen molar-refractivity contribution in [2.24, 2.45) is 11.3 Å². The molecule has 2 aliphatic rings. The number of hydrogen-bond acceptors (Lipinski definition) is 2. The Morgan fingerprint density at radius 1 is 1.40 bits per heavy atom. The highest BCUT2D eigenvalue weighted by atomic mass is 15.2. The lowest BCUT2D eigenvalue weighted by molar-refractivity contribution is 0.244. The predicted molar refractivity (Wildman–Crippen MR) is 65.0 cm³/mol. The summed E-state index contributed by atoms with van der Waals surface area (Å²) in [5.74, 6) is 0.966. The zero-order valence-electron chi connectivity index (χ0n) is 10.6. The first-order valence-corrected chi connectivity index (χ1v) is 6.57. The summed E-state index contributed by atoms with van der Waals surface area (Å²) in [6, 6.07) is 0.731. The predicted octanol–water partition coefficient (Wildman–Crippen LogP) is 2.11. The Morgan fingerprint density at radius 2 is 2.13 bits per heavy atom. The van der Waals surface area contributed by atoms with E-state index in [4.69, 9.17) is 0 Å². The van der Waals surface area contributed by atoms with Crippen LogP contribution in [0, 0.1) is 11.3 Å². The Hall–Kier alpha value is -0.0800. The minimum atomic E-state index is 0.640. The molecule has 2 fully saturated rings. The molecule has 0 aromatic heterocycles. The monoisotopic (exact) mass is 210 g/mol. The van der Waals surface area contributed by atoms with Crippen molar-refractivity contribution in [1.29, 1.82) is 0 Å². The molecule has 2 unspecified atom stereocenters. The summed E-state index contributed by atoms with van der Waals surface area (Å²) in [7, 11) is 0. The molecular weight excluding hydrogens is 184 g/mol. The van der Waals surface area contributed by atoms with E-state index in [1.165, 1.54) is 45.4 Å². The molecule has 0 spiro atoms. The van der Waals surface area contributed by atoms with Gasteiger partial charge in [0, 0.05) is 19.1 Å². The normalized spacial score (nSPS) is 36.2. The molecule has 1 heterocycles. The van der Waals surface area contributed by atoms with Gasteiger partial charge < -0.3 is 10.2 Å². The molecule has 0 amide bonds. The van der Waals surface area contributed by atoms with Crippen molar-refractivity contribution < 1.29 is 0 Å². The quantitative estimate of drug-likeness (QED) is 0.767. The molecule has 88 valence electrons. The van der Waals surface area contributed by atoms with Crippen LogP contribution in [0.25, 0.3) is 0 Å². The fourth-order valence-corrected chi connectivity index (χ4v) is 2.72. The highest BCUT2D eigenvalue weighted by Crippen LogP contribution is 2.51. The van der Waals surface area contributed by atoms with Gasteiger partial charge in [-0.3, -0.25) is 0 Å². The molecule has 1 aliphatic carbocycles. The third-order valence-corrected chi connectivity index (χ3v) is 4.25. The Bertz CT molecular complexity index is 213. The summed E-state index contributed by atoms with van der Waals surface area (Å²) < 4.78 is 0. The molecule has 15 heavy (non-hydrogen) atoms. The maximum Gasteiger partial charge on any atom is 0.0192 e. The Kier molecular flexibility index (Phi) is 3.36. The minimum absolute atomic E-state index is 0.640. The van der Waals surface area contributed by atoms with Crippen LogP contribution in [0.4, 0.5) is 0 Å². The molecule has 1 saturated heterocycles. The fourth-order valence-electron chi connectivity index (χ4n) is 2.72. The lowest BCUT2D eigenvalue weighted by atomic mass is 10.1. The van der Waals surface area contributed by atoms with E-state index < -0.39 is 0 Å². The lowest BCUT2D eigenvalue weighted by Crippen LogP contribution is -2.38. The van der Waals surface area contributed by atoms with Crippen LogP contribution >= 0.6 is 0 Å². The van der Waals surface area contributed by atoms with E-state index >= 15 is 0 Å². The molecule has 0 aromatic carbocycles. The van der Waals surface area contributed by atoms with Crippen molar-refractivity contribution in [3.63, 3.8) is 0 Å². The highest BCUT2D eigenvalue weighted by molar-refractivity contribution is 4.97. The first-order valence-electron chi connectivity index (χ1n) is 6.57. The van der Waals surface area contributed by atoms with Gasteiger partial charge in [0.2, 0.25) is 0 Å². The van der Waals surface area contributed by atoms with Gasteiger partial charge >= 0.3 is 0 Å². The molecule has 2 atom stereocenters. The Labute approximate surface area is 94.4 Å². The number of nitrogens with one attached hydrogen (secondary N) is 1. The minimum Gasteiger partial charge on any atom is -0.313 e. The van der Waals surface area contributed by atoms with Crippen LogP contribution in [-0.2, 0) is 0 Å². The second kappa shape index (κ2) is 4.42. The molecule has 2 heteroatoms. The third kappa shape index (κ3) is 2.94. The molecule has 2 rings (SSSR count). The number of nitrogens with zero attached hydrogens (tertiary/aromatic N) is 1. The summed E-state index contributed by atoms with van der Waals surface area (Å²) in [5, 5.41) is 3.63. The van der Waals surface area contributed by atoms with E-state index in [1.807, 2.05) is 0 Å². The summed E-state index contributed by atoms with van der Waals surface area (Å²) in [5.41, 5.74) is 0.640. The maximum absolute atomic E-state index is 3.63. The molecular formula is C13H26N2. The third-order valence-electron chi connectivity index (χ3n) is 4.25. The zero-order valence-corrected chi connectivity index (χ0v) is 10.6. The van der Waals surface area contributed by atoms with Crippen molar-refractivity contribution in [2.75, 3.05) is 26.2 Å². The average molecular weight is 210 g/mol. The number of rotatable bonds is 3. The summed E-state index contributed by atoms with van der Waals surface area (Å²) >= 11 is 0. The van der Waals surface area contributed by atoms with Gasteiger partial charge in [-0.05, 0) is 43.7 Å². The highest BCUT2D eigenvalue weighted by Gasteiger charge is 2.46. The van der Waals surface area contributed by atoms with Crippen LogP contribution in [0.2, 0.25) is 0 Å². The average Bonchev–Trinajstić information content (AvgIpc) is 2.85. The van der Waals surface area contributed by atoms with E-state index in [2.05, 4.69) is 31.0 Å². The van der Waals surface area contributed by atoms with Crippen LogP contribution < -0.4 is 5.32 Å². The summed E-state index contributed by atoms with van der Waals surface area (Å²) in [4.78, 5) is 2.69. The Balaban J connectivity index is 1.80. The van der Waals surface area contributed by atoms with E-state index in [0.29, 0.717) is 5.41 Å². The number of hydrogen-bond donors (Lipinski definition) is 1. The van der Waals surface area contributed by atoms with Gasteiger partial charge in [-0.2, -0.15) is 0 Å². The fraction of sp³-hybridized carbons (Fsp3) is 1.00. The van der Waals surface area contributed by atoms with Crippen molar-refractivity contribution in [3.05, 3.63) is 0 Å². The Morgan fingerprint density at radius 3 is 2.73 bits per heavy atom. The lowest BCUT2D eigenvalue weighted by Gasteiger charge is -2.24. The first-order chi connectivity index (χ1) is 7.12. The topological polar surface area (TPSA) is 15.3 Å². The standard InChI is InChI=1S/C13H26N2/c1-4-12-10-15(7-5-6-14-12)9-11-8-13(11,2)3/h11-12,14H,4-10H2,1-3H3. The van der Waals surface area contributed by atoms with E-state index in [9.17, 15) is 0 Å². The van der Waals surface area contributed by atoms with Gasteiger partial charge in [-0.15, -0.1) is 0 Å². The van der Waals surface area contributed by atoms with Crippen LogP contribution in [0.5, 0.6) is 0 Å². The van der Waals surface area contributed by atoms with Gasteiger partial charge in [-0.25, -0.2) is 0 Å². The zero-order chi connectivity index (χ0) is 10.9. The second-order valence-electron chi connectivity index (χ2n) is 6.06. The van der Waals surface area contributed by atoms with E-state index in [-0.39, 0.29) is 0 Å². The van der Waals surface area contributed by atoms with Gasteiger partial charge in [0.15, 0.2) is 0 Å². The molecule has 1 saturated carbocycles. The van der Waals surface area contributed by atoms with E-state index in [0.717, 1.165) is 12.0 Å². The van der Waals surface area contributed by atoms with Crippen molar-refractivity contribution in [1.82, 2.24) is 10.2 Å². The smallest absolute Gasteiger partial charge is 0.0192 e. The first kappa shape index (κ1) is 11.4. The van der Waals surface area contributed by atoms with Crippen molar-refractivity contribution in [3.8, 4) is 0 Å². The summed E-state index contributed by atoms with van der Waals surface area (Å²) in [6.07, 6.45) is 4.03. The van der Waals surface area contributed by atoms with Crippen molar-refractivity contribution >= 4 is 0 Å². The van der Waals surface area contributed by atoms with Crippen LogP contribution in [-0.4, -0.2) is 37.1 Å². The van der Waals surface area contributed by atoms with E-state index in [1.54, 1.807) is 0 Å². The van der Waals surface area contributed by atoms with Crippen LogP contribution in [0.1, 0.15) is 40.0 Å². The van der Waals surface area contributed by atoms with Gasteiger partial charge in [-0.1, -0.05) is 20.8 Å². The molecule has 0 bridgehead atoms. The van der Waals surface area contributed by atoms with Crippen LogP contribution in [0.15, 0.2) is 0 Å². The molecule has 0 radical (unpaired) electrons. The molecule has 1 aliphatic heterocycles. The van der Waals surface area contributed by atoms with Crippen molar-refractivity contribution in [2.45, 2.75) is 46.1 Å². The van der Waals surface area contributed by atoms with Gasteiger partial charge in [0.25, 0.3) is 0 Å². The molecule has 1 N–H and O–H groups in total. The molecule has 0 aromatic rings. The summed E-state index contributed by atoms with van der Waals surface area (Å²) in [6.45, 7) is 12.2. The van der Waals surface area contributed by atoms with Crippen LogP contribution in [0.3, 0.4) is 0 Å². The molecule has 2 nitrogen and oxygen atoms in total. The van der Waals surface area contributed by atoms with Gasteiger partial charge in [0.1, 0.15) is 0 Å². The second-order valence-corrected chi connectivity index (χ2v) is 6.06. The largest absolute Gasteiger partial charge is 0.313 e. The van der Waals surface area contributed by atoms with Gasteiger partial charge in [0.05, 0.1) is 0 Å².